The molecular formula is C23H20N4O6. The number of hydrogen-bond donors (Lipinski definition) is 1. The standard InChI is InChI=1S/C23H20N4O6/c1-24-19-17(22(29)25(2)23(24)30)18(13-5-3-7-15(11-13)27(31)32)26-9-10-33-21(20(19)26)14-6-4-8-16(28)12-14/h3-8,11-12,21,28H,9-10H2,1-2H3. The first-order valence-electron chi connectivity index (χ1n) is 10.3. The number of nitro groups is 1. The summed E-state index contributed by atoms with van der Waals surface area (Å²) in [5.74, 6) is 0.0628. The largest absolute Gasteiger partial charge is 0.508 e. The summed E-state index contributed by atoms with van der Waals surface area (Å²) < 4.78 is 10.4. The van der Waals surface area contributed by atoms with Gasteiger partial charge in [-0.15, -0.1) is 0 Å². The number of hydrogen-bond acceptors (Lipinski definition) is 6. The van der Waals surface area contributed by atoms with E-state index in [1.807, 2.05) is 4.57 Å². The quantitative estimate of drug-likeness (QED) is 0.380. The van der Waals surface area contributed by atoms with Gasteiger partial charge >= 0.3 is 5.69 Å². The van der Waals surface area contributed by atoms with Crippen LogP contribution in [0, 0.1) is 10.1 Å². The second-order valence-corrected chi connectivity index (χ2v) is 7.97. The Kier molecular flexibility index (Phi) is 4.68. The summed E-state index contributed by atoms with van der Waals surface area (Å²) in [7, 11) is 2.98. The lowest BCUT2D eigenvalue weighted by atomic mass is 10.0. The Bertz CT molecular complexity index is 1560. The number of aromatic nitrogens is 3. The maximum absolute atomic E-state index is 13.4. The fraction of sp³-hybridized carbons (Fsp3) is 0.217. The second kappa shape index (κ2) is 7.45. The lowest BCUT2D eigenvalue weighted by molar-refractivity contribution is -0.384. The number of benzene rings is 2. The first-order valence-corrected chi connectivity index (χ1v) is 10.3. The zero-order valence-electron chi connectivity index (χ0n) is 17.9. The third-order valence-electron chi connectivity index (χ3n) is 6.06. The van der Waals surface area contributed by atoms with Crippen LogP contribution >= 0.6 is 0 Å². The third kappa shape index (κ3) is 3.06. The SMILES string of the molecule is Cn1c(=O)c2c(-c3cccc([N+](=O)[O-])c3)n3c(c2n(C)c1=O)C(c1cccc(O)c1)OCC3. The molecule has 10 heteroatoms. The lowest BCUT2D eigenvalue weighted by Gasteiger charge is -2.27. The van der Waals surface area contributed by atoms with Crippen LogP contribution in [-0.2, 0) is 25.4 Å². The summed E-state index contributed by atoms with van der Waals surface area (Å²) in [6.07, 6.45) is -0.654. The molecule has 0 bridgehead atoms. The fourth-order valence-electron chi connectivity index (χ4n) is 4.59. The minimum atomic E-state index is -0.654. The number of aromatic hydroxyl groups is 1. The first kappa shape index (κ1) is 20.7. The summed E-state index contributed by atoms with van der Waals surface area (Å²) in [6.45, 7) is 0.694. The van der Waals surface area contributed by atoms with Gasteiger partial charge in [-0.2, -0.15) is 0 Å². The third-order valence-corrected chi connectivity index (χ3v) is 6.06. The van der Waals surface area contributed by atoms with Crippen molar-refractivity contribution < 1.29 is 14.8 Å². The van der Waals surface area contributed by atoms with E-state index in [1.54, 1.807) is 43.4 Å². The summed E-state index contributed by atoms with van der Waals surface area (Å²) in [6, 6.07) is 12.7. The Balaban J connectivity index is 1.94. The number of nitro benzene ring substituents is 1. The number of non-ortho nitro benzene ring substituents is 1. The van der Waals surface area contributed by atoms with Crippen molar-refractivity contribution in [3.05, 3.63) is 90.7 Å². The molecule has 1 aliphatic rings. The van der Waals surface area contributed by atoms with Crippen LogP contribution < -0.4 is 11.2 Å². The number of phenolic OH excluding ortho intramolecular Hbond substituents is 1. The molecule has 3 heterocycles. The Morgan fingerprint density at radius 3 is 2.58 bits per heavy atom. The monoisotopic (exact) mass is 448 g/mol. The molecule has 1 aliphatic heterocycles. The van der Waals surface area contributed by atoms with Crippen molar-refractivity contribution in [3.63, 3.8) is 0 Å². The summed E-state index contributed by atoms with van der Waals surface area (Å²) in [5.41, 5.74) is 1.54. The zero-order chi connectivity index (χ0) is 23.4. The number of phenols is 1. The van der Waals surface area contributed by atoms with Gasteiger partial charge < -0.3 is 14.4 Å². The molecule has 2 aromatic heterocycles. The highest BCUT2D eigenvalue weighted by atomic mass is 16.6. The molecule has 1 unspecified atom stereocenters. The maximum atomic E-state index is 13.4. The van der Waals surface area contributed by atoms with E-state index in [2.05, 4.69) is 0 Å². The molecule has 0 spiro atoms. The van der Waals surface area contributed by atoms with E-state index in [9.17, 15) is 24.8 Å². The Morgan fingerprint density at radius 2 is 1.85 bits per heavy atom. The highest BCUT2D eigenvalue weighted by Gasteiger charge is 2.33. The van der Waals surface area contributed by atoms with Crippen LogP contribution in [0.25, 0.3) is 22.2 Å². The summed E-state index contributed by atoms with van der Waals surface area (Å²) in [4.78, 5) is 37.1. The highest BCUT2D eigenvalue weighted by molar-refractivity contribution is 5.96. The number of nitrogens with zero attached hydrogens (tertiary/aromatic N) is 4. The van der Waals surface area contributed by atoms with Crippen LogP contribution in [0.3, 0.4) is 0 Å². The van der Waals surface area contributed by atoms with Gasteiger partial charge in [0, 0.05) is 38.3 Å². The minimum absolute atomic E-state index is 0.0628. The van der Waals surface area contributed by atoms with Crippen LogP contribution in [0.2, 0.25) is 0 Å². The molecule has 0 saturated carbocycles. The van der Waals surface area contributed by atoms with E-state index in [0.717, 1.165) is 4.57 Å². The predicted molar refractivity (Wildman–Crippen MR) is 120 cm³/mol. The van der Waals surface area contributed by atoms with E-state index in [1.165, 1.54) is 23.7 Å². The fourth-order valence-corrected chi connectivity index (χ4v) is 4.59. The molecule has 10 nitrogen and oxygen atoms in total. The van der Waals surface area contributed by atoms with E-state index < -0.39 is 22.3 Å². The Hall–Kier alpha value is -4.18. The molecule has 2 aromatic carbocycles. The normalized spacial score (nSPS) is 15.5. The van der Waals surface area contributed by atoms with Crippen molar-refractivity contribution in [2.24, 2.45) is 14.1 Å². The van der Waals surface area contributed by atoms with Crippen LogP contribution in [-0.4, -0.2) is 30.3 Å². The van der Waals surface area contributed by atoms with E-state index >= 15 is 0 Å². The number of fused-ring (bicyclic) bond motifs is 3. The Labute approximate surface area is 186 Å². The molecule has 0 amide bonds. The van der Waals surface area contributed by atoms with Crippen LogP contribution in [0.4, 0.5) is 5.69 Å². The van der Waals surface area contributed by atoms with Crippen molar-refractivity contribution in [2.45, 2.75) is 12.6 Å². The average molecular weight is 448 g/mol. The van der Waals surface area contributed by atoms with Gasteiger partial charge in [-0.3, -0.25) is 24.0 Å². The molecule has 5 rings (SSSR count). The van der Waals surface area contributed by atoms with Gasteiger partial charge in [0.2, 0.25) is 0 Å². The van der Waals surface area contributed by atoms with E-state index in [4.69, 9.17) is 4.74 Å². The molecule has 1 N–H and O–H groups in total. The molecule has 168 valence electrons. The van der Waals surface area contributed by atoms with Gasteiger partial charge in [-0.25, -0.2) is 4.79 Å². The molecule has 0 saturated heterocycles. The van der Waals surface area contributed by atoms with Crippen molar-refractivity contribution in [2.75, 3.05) is 6.61 Å². The van der Waals surface area contributed by atoms with Gasteiger partial charge in [0.05, 0.1) is 33.8 Å². The van der Waals surface area contributed by atoms with Gasteiger partial charge in [-0.05, 0) is 17.7 Å². The molecule has 0 radical (unpaired) electrons. The molecule has 0 aliphatic carbocycles. The topological polar surface area (TPSA) is 122 Å². The van der Waals surface area contributed by atoms with E-state index in [0.29, 0.717) is 41.2 Å². The zero-order valence-corrected chi connectivity index (χ0v) is 17.9. The van der Waals surface area contributed by atoms with E-state index in [-0.39, 0.29) is 16.8 Å². The van der Waals surface area contributed by atoms with Gasteiger partial charge in [-0.1, -0.05) is 24.3 Å². The predicted octanol–water partition coefficient (Wildman–Crippen LogP) is 2.44. The molecule has 1 atom stereocenters. The molecular weight excluding hydrogens is 428 g/mol. The Morgan fingerprint density at radius 1 is 1.09 bits per heavy atom. The molecule has 0 fully saturated rings. The second-order valence-electron chi connectivity index (χ2n) is 7.97. The number of aryl methyl sites for hydroxylation is 1. The van der Waals surface area contributed by atoms with Crippen molar-refractivity contribution in [1.29, 1.82) is 0 Å². The minimum Gasteiger partial charge on any atom is -0.508 e. The van der Waals surface area contributed by atoms with Gasteiger partial charge in [0.1, 0.15) is 11.9 Å². The van der Waals surface area contributed by atoms with Crippen molar-refractivity contribution in [3.8, 4) is 17.0 Å². The number of rotatable bonds is 3. The smallest absolute Gasteiger partial charge is 0.331 e. The average Bonchev–Trinajstić information content (AvgIpc) is 3.17. The van der Waals surface area contributed by atoms with Crippen LogP contribution in [0.5, 0.6) is 5.75 Å². The maximum Gasteiger partial charge on any atom is 0.331 e. The first-order chi connectivity index (χ1) is 15.8. The van der Waals surface area contributed by atoms with Crippen LogP contribution in [0.1, 0.15) is 17.4 Å². The molecule has 33 heavy (non-hydrogen) atoms. The summed E-state index contributed by atoms with van der Waals surface area (Å²) in [5, 5.41) is 21.7. The highest BCUT2D eigenvalue weighted by Crippen LogP contribution is 2.41. The van der Waals surface area contributed by atoms with Gasteiger partial charge in [0.25, 0.3) is 11.2 Å². The van der Waals surface area contributed by atoms with Gasteiger partial charge in [0.15, 0.2) is 0 Å². The van der Waals surface area contributed by atoms with Crippen LogP contribution in [0.15, 0.2) is 58.1 Å². The lowest BCUT2D eigenvalue weighted by Crippen LogP contribution is -2.37. The molecule has 4 aromatic rings. The van der Waals surface area contributed by atoms with Crippen molar-refractivity contribution in [1.82, 2.24) is 13.7 Å². The van der Waals surface area contributed by atoms with Crippen molar-refractivity contribution >= 4 is 16.6 Å². The number of ether oxygens (including phenoxy) is 1. The summed E-state index contributed by atoms with van der Waals surface area (Å²) >= 11 is 0.